The standard InChI is InChI=1S/C12H22N2O/c1-3-12(7-5-8-12)14-9-6-10(11(14)15)13-4-2/h10,13H,3-9H2,1-2H3. The molecule has 0 aromatic carbocycles. The Labute approximate surface area is 92.2 Å². The van der Waals surface area contributed by atoms with Gasteiger partial charge in [-0.25, -0.2) is 0 Å². The molecule has 86 valence electrons. The molecule has 0 aromatic heterocycles. The fourth-order valence-corrected chi connectivity index (χ4v) is 2.99. The highest BCUT2D eigenvalue weighted by molar-refractivity contribution is 5.84. The van der Waals surface area contributed by atoms with Gasteiger partial charge in [0.1, 0.15) is 0 Å². The zero-order chi connectivity index (χ0) is 10.9. The Morgan fingerprint density at radius 1 is 1.47 bits per heavy atom. The van der Waals surface area contributed by atoms with Crippen molar-refractivity contribution in [2.75, 3.05) is 13.1 Å². The van der Waals surface area contributed by atoms with Gasteiger partial charge in [0.2, 0.25) is 5.91 Å². The van der Waals surface area contributed by atoms with Crippen LogP contribution in [-0.2, 0) is 4.79 Å². The molecule has 1 amide bonds. The normalized spacial score (nSPS) is 29.3. The molecular weight excluding hydrogens is 188 g/mol. The lowest BCUT2D eigenvalue weighted by atomic mass is 9.73. The van der Waals surface area contributed by atoms with Crippen molar-refractivity contribution in [3.8, 4) is 0 Å². The van der Waals surface area contributed by atoms with Crippen LogP contribution in [0.5, 0.6) is 0 Å². The van der Waals surface area contributed by atoms with Crippen LogP contribution in [0.15, 0.2) is 0 Å². The molecule has 15 heavy (non-hydrogen) atoms. The minimum atomic E-state index is 0.0963. The molecule has 1 saturated heterocycles. The Morgan fingerprint density at radius 2 is 2.20 bits per heavy atom. The summed E-state index contributed by atoms with van der Waals surface area (Å²) in [5, 5.41) is 3.28. The Bertz CT molecular complexity index is 242. The number of carbonyl (C=O) groups is 1. The van der Waals surface area contributed by atoms with Crippen LogP contribution < -0.4 is 5.32 Å². The predicted molar refractivity (Wildman–Crippen MR) is 60.7 cm³/mol. The second-order valence-corrected chi connectivity index (χ2v) is 4.82. The molecule has 1 N–H and O–H groups in total. The number of amides is 1. The lowest BCUT2D eigenvalue weighted by Crippen LogP contribution is -2.55. The monoisotopic (exact) mass is 210 g/mol. The van der Waals surface area contributed by atoms with Gasteiger partial charge in [0.05, 0.1) is 6.04 Å². The fourth-order valence-electron chi connectivity index (χ4n) is 2.99. The van der Waals surface area contributed by atoms with Crippen molar-refractivity contribution in [2.24, 2.45) is 0 Å². The summed E-state index contributed by atoms with van der Waals surface area (Å²) in [5.74, 6) is 0.346. The Morgan fingerprint density at radius 3 is 2.67 bits per heavy atom. The van der Waals surface area contributed by atoms with Crippen molar-refractivity contribution >= 4 is 5.91 Å². The van der Waals surface area contributed by atoms with Crippen LogP contribution in [0.3, 0.4) is 0 Å². The first-order valence-electron chi connectivity index (χ1n) is 6.28. The first-order chi connectivity index (χ1) is 7.23. The zero-order valence-electron chi connectivity index (χ0n) is 9.88. The van der Waals surface area contributed by atoms with Gasteiger partial charge in [-0.1, -0.05) is 13.8 Å². The van der Waals surface area contributed by atoms with E-state index >= 15 is 0 Å². The molecule has 1 aliphatic heterocycles. The van der Waals surface area contributed by atoms with Crippen molar-refractivity contribution in [2.45, 2.75) is 57.5 Å². The van der Waals surface area contributed by atoms with Crippen molar-refractivity contribution in [3.63, 3.8) is 0 Å². The summed E-state index contributed by atoms with van der Waals surface area (Å²) in [4.78, 5) is 14.3. The SMILES string of the molecule is CCNC1CCN(C2(CC)CCC2)C1=O. The van der Waals surface area contributed by atoms with E-state index in [-0.39, 0.29) is 11.6 Å². The molecule has 2 fully saturated rings. The van der Waals surface area contributed by atoms with Crippen molar-refractivity contribution < 1.29 is 4.79 Å². The van der Waals surface area contributed by atoms with Crippen molar-refractivity contribution in [1.82, 2.24) is 10.2 Å². The third-order valence-corrected chi connectivity index (χ3v) is 4.17. The molecule has 1 saturated carbocycles. The van der Waals surface area contributed by atoms with E-state index in [1.807, 2.05) is 0 Å². The van der Waals surface area contributed by atoms with E-state index in [4.69, 9.17) is 0 Å². The van der Waals surface area contributed by atoms with E-state index in [0.717, 1.165) is 25.9 Å². The zero-order valence-corrected chi connectivity index (χ0v) is 9.88. The van der Waals surface area contributed by atoms with E-state index in [2.05, 4.69) is 24.1 Å². The largest absolute Gasteiger partial charge is 0.336 e. The quantitative estimate of drug-likeness (QED) is 0.763. The molecule has 2 aliphatic rings. The summed E-state index contributed by atoms with van der Waals surface area (Å²) < 4.78 is 0. The minimum Gasteiger partial charge on any atom is -0.336 e. The molecule has 0 radical (unpaired) electrons. The van der Waals surface area contributed by atoms with Crippen molar-refractivity contribution in [1.29, 1.82) is 0 Å². The lowest BCUT2D eigenvalue weighted by Gasteiger charge is -2.48. The van der Waals surface area contributed by atoms with Crippen LogP contribution in [-0.4, -0.2) is 35.5 Å². The van der Waals surface area contributed by atoms with Crippen LogP contribution in [0, 0.1) is 0 Å². The minimum absolute atomic E-state index is 0.0963. The molecule has 2 rings (SSSR count). The summed E-state index contributed by atoms with van der Waals surface area (Å²) >= 11 is 0. The summed E-state index contributed by atoms with van der Waals surface area (Å²) in [5.41, 5.74) is 0.237. The topological polar surface area (TPSA) is 32.3 Å². The highest BCUT2D eigenvalue weighted by Gasteiger charge is 2.47. The van der Waals surface area contributed by atoms with Gasteiger partial charge in [0.15, 0.2) is 0 Å². The fraction of sp³-hybridized carbons (Fsp3) is 0.917. The summed E-state index contributed by atoms with van der Waals surface area (Å²) in [6.45, 7) is 6.13. The predicted octanol–water partition coefficient (Wildman–Crippen LogP) is 1.53. The van der Waals surface area contributed by atoms with E-state index < -0.39 is 0 Å². The lowest BCUT2D eigenvalue weighted by molar-refractivity contribution is -0.138. The second kappa shape index (κ2) is 4.12. The molecule has 1 aliphatic carbocycles. The molecule has 0 aromatic rings. The van der Waals surface area contributed by atoms with Crippen LogP contribution in [0.4, 0.5) is 0 Å². The van der Waals surface area contributed by atoms with Gasteiger partial charge in [-0.3, -0.25) is 4.79 Å². The Hall–Kier alpha value is -0.570. The molecule has 0 spiro atoms. The molecule has 1 atom stereocenters. The Balaban J connectivity index is 2.03. The smallest absolute Gasteiger partial charge is 0.240 e. The summed E-state index contributed by atoms with van der Waals surface area (Å²) in [7, 11) is 0. The highest BCUT2D eigenvalue weighted by Crippen LogP contribution is 2.42. The van der Waals surface area contributed by atoms with Crippen LogP contribution in [0.25, 0.3) is 0 Å². The summed E-state index contributed by atoms with van der Waals surface area (Å²) in [6, 6.07) is 0.0963. The number of likely N-dealkylation sites (N-methyl/N-ethyl adjacent to an activating group) is 1. The van der Waals surface area contributed by atoms with Gasteiger partial charge in [0, 0.05) is 12.1 Å². The Kier molecular flexibility index (Phi) is 3.01. The number of hydrogen-bond acceptors (Lipinski definition) is 2. The molecular formula is C12H22N2O. The van der Waals surface area contributed by atoms with Crippen LogP contribution >= 0.6 is 0 Å². The average Bonchev–Trinajstić information content (AvgIpc) is 2.51. The third kappa shape index (κ3) is 1.67. The number of nitrogens with one attached hydrogen (secondary N) is 1. The number of likely N-dealkylation sites (tertiary alicyclic amines) is 1. The van der Waals surface area contributed by atoms with Gasteiger partial charge < -0.3 is 10.2 Å². The number of nitrogens with zero attached hydrogens (tertiary/aromatic N) is 1. The number of rotatable bonds is 4. The number of carbonyl (C=O) groups excluding carboxylic acids is 1. The highest BCUT2D eigenvalue weighted by atomic mass is 16.2. The first kappa shape index (κ1) is 10.9. The van der Waals surface area contributed by atoms with Gasteiger partial charge in [0.25, 0.3) is 0 Å². The molecule has 1 heterocycles. The molecule has 3 heteroatoms. The molecule has 3 nitrogen and oxygen atoms in total. The van der Waals surface area contributed by atoms with E-state index in [0.29, 0.717) is 5.91 Å². The molecule has 0 bridgehead atoms. The van der Waals surface area contributed by atoms with E-state index in [1.54, 1.807) is 0 Å². The maximum Gasteiger partial charge on any atom is 0.240 e. The first-order valence-corrected chi connectivity index (χ1v) is 6.28. The number of hydrogen-bond donors (Lipinski definition) is 1. The third-order valence-electron chi connectivity index (χ3n) is 4.17. The van der Waals surface area contributed by atoms with Gasteiger partial charge in [-0.05, 0) is 38.6 Å². The van der Waals surface area contributed by atoms with E-state index in [9.17, 15) is 4.79 Å². The summed E-state index contributed by atoms with van der Waals surface area (Å²) in [6.07, 6.45) is 5.84. The second-order valence-electron chi connectivity index (χ2n) is 4.82. The van der Waals surface area contributed by atoms with Crippen LogP contribution in [0.2, 0.25) is 0 Å². The van der Waals surface area contributed by atoms with Gasteiger partial charge in [-0.15, -0.1) is 0 Å². The van der Waals surface area contributed by atoms with E-state index in [1.165, 1.54) is 19.3 Å². The van der Waals surface area contributed by atoms with Gasteiger partial charge >= 0.3 is 0 Å². The van der Waals surface area contributed by atoms with Gasteiger partial charge in [-0.2, -0.15) is 0 Å². The maximum absolute atomic E-state index is 12.2. The maximum atomic E-state index is 12.2. The van der Waals surface area contributed by atoms with Crippen LogP contribution in [0.1, 0.15) is 46.0 Å². The average molecular weight is 210 g/mol. The molecule has 1 unspecified atom stereocenters. The van der Waals surface area contributed by atoms with Crippen molar-refractivity contribution in [3.05, 3.63) is 0 Å².